The minimum atomic E-state index is -0.391. The summed E-state index contributed by atoms with van der Waals surface area (Å²) in [6.07, 6.45) is 8.98. The van der Waals surface area contributed by atoms with Gasteiger partial charge >= 0.3 is 0 Å². The number of rotatable bonds is 7. The molecule has 0 amide bonds. The van der Waals surface area contributed by atoms with Gasteiger partial charge in [0, 0.05) is 18.1 Å². The van der Waals surface area contributed by atoms with E-state index in [2.05, 4.69) is 97.2 Å². The highest BCUT2D eigenvalue weighted by atomic mass is 32.1. The van der Waals surface area contributed by atoms with Crippen LogP contribution in [0, 0.1) is 5.92 Å². The maximum Gasteiger partial charge on any atom is 0.166 e. The highest BCUT2D eigenvalue weighted by Crippen LogP contribution is 2.50. The lowest BCUT2D eigenvalue weighted by Crippen LogP contribution is -2.55. The molecule has 0 bridgehead atoms. The summed E-state index contributed by atoms with van der Waals surface area (Å²) >= 11 is 5.84. The first kappa shape index (κ1) is 24.6. The third kappa shape index (κ3) is 6.15. The molecule has 0 aliphatic heterocycles. The van der Waals surface area contributed by atoms with Gasteiger partial charge in [0.1, 0.15) is 0 Å². The van der Waals surface area contributed by atoms with Crippen molar-refractivity contribution in [3.05, 3.63) is 60.7 Å². The van der Waals surface area contributed by atoms with Crippen molar-refractivity contribution in [1.29, 1.82) is 0 Å². The first-order chi connectivity index (χ1) is 16.0. The molecule has 0 spiro atoms. The number of hydrogen-bond donors (Lipinski definition) is 2. The predicted molar refractivity (Wildman–Crippen MR) is 148 cm³/mol. The normalized spacial score (nSPS) is 26.3. The molecule has 2 fully saturated rings. The molecule has 4 rings (SSSR count). The van der Waals surface area contributed by atoms with E-state index in [0.717, 1.165) is 5.11 Å². The van der Waals surface area contributed by atoms with E-state index in [1.54, 1.807) is 0 Å². The van der Waals surface area contributed by atoms with Crippen molar-refractivity contribution >= 4 is 35.9 Å². The zero-order valence-corrected chi connectivity index (χ0v) is 22.1. The second kappa shape index (κ2) is 11.8. The quantitative estimate of drug-likeness (QED) is 0.429. The van der Waals surface area contributed by atoms with Crippen LogP contribution in [0.5, 0.6) is 0 Å². The Hall–Kier alpha value is -1.48. The molecule has 33 heavy (non-hydrogen) atoms. The standard InChI is InChI=1S/C28H40N3PS/c1-21(29-28(33)30-25-18-10-11-19-26(25)31(2)3)24-17-12-20-27(24)32(22-13-6-4-7-14-22)23-15-8-5-9-16-23/h4-9,13-16,21,24-27H,10-12,17-20H2,1-3H3,(H2,29,30,33)/t21-,24+,25+,26+,27?/m1/s1. The highest BCUT2D eigenvalue weighted by Gasteiger charge is 2.38. The van der Waals surface area contributed by atoms with Gasteiger partial charge in [-0.15, -0.1) is 0 Å². The minimum absolute atomic E-state index is 0.372. The molecular weight excluding hydrogens is 441 g/mol. The van der Waals surface area contributed by atoms with Gasteiger partial charge in [-0.1, -0.05) is 79.9 Å². The van der Waals surface area contributed by atoms with Crippen LogP contribution >= 0.6 is 20.1 Å². The second-order valence-electron chi connectivity index (χ2n) is 10.0. The van der Waals surface area contributed by atoms with Crippen molar-refractivity contribution in [3.8, 4) is 0 Å². The maximum absolute atomic E-state index is 5.84. The van der Waals surface area contributed by atoms with Crippen molar-refractivity contribution < 1.29 is 0 Å². The largest absolute Gasteiger partial charge is 0.360 e. The maximum atomic E-state index is 5.84. The van der Waals surface area contributed by atoms with E-state index in [0.29, 0.717) is 29.7 Å². The van der Waals surface area contributed by atoms with Crippen LogP contribution in [0.4, 0.5) is 0 Å². The molecule has 0 radical (unpaired) electrons. The van der Waals surface area contributed by atoms with E-state index < -0.39 is 7.92 Å². The molecule has 1 unspecified atom stereocenters. The van der Waals surface area contributed by atoms with E-state index in [1.807, 2.05) is 0 Å². The van der Waals surface area contributed by atoms with Gasteiger partial charge in [0.05, 0.1) is 0 Å². The molecule has 2 aliphatic carbocycles. The van der Waals surface area contributed by atoms with Crippen molar-refractivity contribution in [2.24, 2.45) is 5.92 Å². The van der Waals surface area contributed by atoms with Crippen LogP contribution in [0.25, 0.3) is 0 Å². The van der Waals surface area contributed by atoms with E-state index in [1.165, 1.54) is 55.6 Å². The summed E-state index contributed by atoms with van der Waals surface area (Å²) in [5.74, 6) is 0.632. The van der Waals surface area contributed by atoms with Crippen molar-refractivity contribution in [1.82, 2.24) is 15.5 Å². The molecule has 0 heterocycles. The molecule has 0 saturated heterocycles. The lowest BCUT2D eigenvalue weighted by molar-refractivity contribution is 0.189. The summed E-state index contributed by atoms with van der Waals surface area (Å²) in [6, 6.07) is 23.8. The smallest absolute Gasteiger partial charge is 0.166 e. The van der Waals surface area contributed by atoms with E-state index in [9.17, 15) is 0 Å². The Balaban J connectivity index is 1.47. The van der Waals surface area contributed by atoms with Crippen LogP contribution in [-0.4, -0.2) is 47.9 Å². The van der Waals surface area contributed by atoms with E-state index >= 15 is 0 Å². The van der Waals surface area contributed by atoms with Crippen molar-refractivity contribution in [3.63, 3.8) is 0 Å². The first-order valence-electron chi connectivity index (χ1n) is 12.7. The number of hydrogen-bond acceptors (Lipinski definition) is 2. The first-order valence-corrected chi connectivity index (χ1v) is 14.5. The fourth-order valence-electron chi connectivity index (χ4n) is 6.00. The van der Waals surface area contributed by atoms with Gasteiger partial charge < -0.3 is 15.5 Å². The van der Waals surface area contributed by atoms with Crippen LogP contribution in [0.2, 0.25) is 0 Å². The SMILES string of the molecule is C[C@@H](NC(=S)N[C@H]1CCCC[C@@H]1N(C)C)[C@@H]1CCCC1P(c1ccccc1)c1ccccc1. The topological polar surface area (TPSA) is 27.3 Å². The molecule has 2 aliphatic rings. The van der Waals surface area contributed by atoms with E-state index in [-0.39, 0.29) is 0 Å². The Labute approximate surface area is 207 Å². The van der Waals surface area contributed by atoms with E-state index in [4.69, 9.17) is 12.2 Å². The van der Waals surface area contributed by atoms with Crippen LogP contribution in [0.15, 0.2) is 60.7 Å². The van der Waals surface area contributed by atoms with Gasteiger partial charge in [-0.3, -0.25) is 0 Å². The van der Waals surface area contributed by atoms with Gasteiger partial charge in [-0.25, -0.2) is 0 Å². The number of benzene rings is 2. The summed E-state index contributed by atoms with van der Waals surface area (Å²) < 4.78 is 0. The van der Waals surface area contributed by atoms with Crippen molar-refractivity contribution in [2.75, 3.05) is 14.1 Å². The summed E-state index contributed by atoms with van der Waals surface area (Å²) in [5, 5.41) is 11.3. The molecule has 2 N–H and O–H groups in total. The highest BCUT2D eigenvalue weighted by molar-refractivity contribution is 7.80. The lowest BCUT2D eigenvalue weighted by atomic mass is 9.89. The Morgan fingerprint density at radius 3 is 2.09 bits per heavy atom. The van der Waals surface area contributed by atoms with Gasteiger partial charge in [0.15, 0.2) is 5.11 Å². The Kier molecular flexibility index (Phi) is 8.79. The van der Waals surface area contributed by atoms with Crippen LogP contribution in [0.3, 0.4) is 0 Å². The minimum Gasteiger partial charge on any atom is -0.360 e. The van der Waals surface area contributed by atoms with Gasteiger partial charge in [-0.05, 0) is 89.0 Å². The number of nitrogens with one attached hydrogen (secondary N) is 2. The molecule has 2 aromatic rings. The summed E-state index contributed by atoms with van der Waals surface area (Å²) in [6.45, 7) is 2.35. The van der Waals surface area contributed by atoms with Crippen LogP contribution in [0.1, 0.15) is 51.9 Å². The Morgan fingerprint density at radius 1 is 0.879 bits per heavy atom. The third-order valence-electron chi connectivity index (χ3n) is 7.64. The number of likely N-dealkylation sites (N-methyl/N-ethyl adjacent to an activating group) is 1. The molecule has 178 valence electrons. The van der Waals surface area contributed by atoms with Gasteiger partial charge in [0.2, 0.25) is 0 Å². The molecule has 5 atom stereocenters. The Morgan fingerprint density at radius 2 is 1.48 bits per heavy atom. The fraction of sp³-hybridized carbons (Fsp3) is 0.536. The Bertz CT molecular complexity index is 836. The molecule has 2 saturated carbocycles. The van der Waals surface area contributed by atoms with Crippen LogP contribution < -0.4 is 21.2 Å². The lowest BCUT2D eigenvalue weighted by Gasteiger charge is -2.38. The zero-order valence-electron chi connectivity index (χ0n) is 20.4. The molecule has 5 heteroatoms. The summed E-state index contributed by atoms with van der Waals surface area (Å²) in [7, 11) is 4.00. The summed E-state index contributed by atoms with van der Waals surface area (Å²) in [4.78, 5) is 2.36. The molecule has 0 aromatic heterocycles. The third-order valence-corrected chi connectivity index (χ3v) is 10.9. The monoisotopic (exact) mass is 481 g/mol. The fourth-order valence-corrected chi connectivity index (χ4v) is 9.62. The predicted octanol–water partition coefficient (Wildman–Crippen LogP) is 5.01. The van der Waals surface area contributed by atoms with Crippen molar-refractivity contribution in [2.45, 2.75) is 75.7 Å². The number of nitrogens with zero attached hydrogens (tertiary/aromatic N) is 1. The van der Waals surface area contributed by atoms with Gasteiger partial charge in [0.25, 0.3) is 0 Å². The molecule has 2 aromatic carbocycles. The molecule has 3 nitrogen and oxygen atoms in total. The zero-order chi connectivity index (χ0) is 23.2. The number of thiocarbonyl (C=S) groups is 1. The van der Waals surface area contributed by atoms with Crippen LogP contribution in [-0.2, 0) is 0 Å². The summed E-state index contributed by atoms with van der Waals surface area (Å²) in [5.41, 5.74) is 0.680. The van der Waals surface area contributed by atoms with Gasteiger partial charge in [-0.2, -0.15) is 0 Å². The molecular formula is C28H40N3PS. The second-order valence-corrected chi connectivity index (χ2v) is 12.9. The average Bonchev–Trinajstić information content (AvgIpc) is 3.30. The average molecular weight is 482 g/mol.